The van der Waals surface area contributed by atoms with E-state index in [9.17, 15) is 20.4 Å². The number of rotatable bonds is 4. The van der Waals surface area contributed by atoms with Gasteiger partial charge in [-0.05, 0) is 12.5 Å². The Morgan fingerprint density at radius 1 is 1.11 bits per heavy atom. The van der Waals surface area contributed by atoms with Gasteiger partial charge in [0.05, 0.1) is 18.3 Å². The molecule has 0 aromatic heterocycles. The molecule has 2 rings (SSSR count). The molecule has 6 atom stereocenters. The smallest absolute Gasteiger partial charge is 0.112 e. The fourth-order valence-corrected chi connectivity index (χ4v) is 2.40. The maximum Gasteiger partial charge on any atom is 0.112 e. The predicted octanol–water partition coefficient (Wildman–Crippen LogP) is -0.0199. The number of benzene rings is 1. The van der Waals surface area contributed by atoms with E-state index >= 15 is 0 Å². The molecule has 0 radical (unpaired) electrons. The van der Waals surface area contributed by atoms with Crippen molar-refractivity contribution in [2.45, 2.75) is 50.0 Å². The SMILES string of the molecule is C[C@@H](O)C1O[C@H](CC(O)c2ccccc2)[C@H](O)[C@H]1O. The monoisotopic (exact) mass is 268 g/mol. The highest BCUT2D eigenvalue weighted by Crippen LogP contribution is 2.30. The molecular weight excluding hydrogens is 248 g/mol. The van der Waals surface area contributed by atoms with Crippen molar-refractivity contribution >= 4 is 0 Å². The molecule has 0 saturated carbocycles. The van der Waals surface area contributed by atoms with Gasteiger partial charge in [-0.1, -0.05) is 30.3 Å². The topological polar surface area (TPSA) is 90.2 Å². The minimum absolute atomic E-state index is 0.172. The van der Waals surface area contributed by atoms with Crippen LogP contribution in [0.25, 0.3) is 0 Å². The molecule has 4 N–H and O–H groups in total. The average molecular weight is 268 g/mol. The zero-order chi connectivity index (χ0) is 14.0. The van der Waals surface area contributed by atoms with Crippen LogP contribution in [0.4, 0.5) is 0 Å². The number of hydrogen-bond donors (Lipinski definition) is 4. The molecule has 5 nitrogen and oxygen atoms in total. The first-order valence-corrected chi connectivity index (χ1v) is 6.43. The van der Waals surface area contributed by atoms with E-state index < -0.39 is 36.6 Å². The molecule has 1 aliphatic heterocycles. The van der Waals surface area contributed by atoms with E-state index in [0.717, 1.165) is 5.56 Å². The maximum atomic E-state index is 10.1. The predicted molar refractivity (Wildman–Crippen MR) is 68.4 cm³/mol. The summed E-state index contributed by atoms with van der Waals surface area (Å²) in [5.74, 6) is 0. The van der Waals surface area contributed by atoms with E-state index in [1.807, 2.05) is 18.2 Å². The van der Waals surface area contributed by atoms with Gasteiger partial charge < -0.3 is 25.2 Å². The Labute approximate surface area is 112 Å². The van der Waals surface area contributed by atoms with Gasteiger partial charge in [0.2, 0.25) is 0 Å². The summed E-state index contributed by atoms with van der Waals surface area (Å²) in [6.45, 7) is 1.50. The molecule has 0 aliphatic carbocycles. The third-order valence-corrected chi connectivity index (χ3v) is 3.51. The summed E-state index contributed by atoms with van der Waals surface area (Å²) < 4.78 is 5.43. The van der Waals surface area contributed by atoms with Crippen molar-refractivity contribution in [2.75, 3.05) is 0 Å². The Morgan fingerprint density at radius 2 is 1.74 bits per heavy atom. The fourth-order valence-electron chi connectivity index (χ4n) is 2.40. The Hall–Kier alpha value is -0.980. The van der Waals surface area contributed by atoms with Gasteiger partial charge in [-0.2, -0.15) is 0 Å². The summed E-state index contributed by atoms with van der Waals surface area (Å²) in [5, 5.41) is 39.2. The lowest BCUT2D eigenvalue weighted by molar-refractivity contribution is -0.0670. The molecule has 0 bridgehead atoms. The first-order chi connectivity index (χ1) is 9.00. The van der Waals surface area contributed by atoms with E-state index in [4.69, 9.17) is 4.74 Å². The van der Waals surface area contributed by atoms with Gasteiger partial charge in [-0.15, -0.1) is 0 Å². The third kappa shape index (κ3) is 3.13. The van der Waals surface area contributed by atoms with Crippen LogP contribution in [0.2, 0.25) is 0 Å². The van der Waals surface area contributed by atoms with Gasteiger partial charge in [0, 0.05) is 6.42 Å². The van der Waals surface area contributed by atoms with E-state index in [1.165, 1.54) is 6.92 Å². The lowest BCUT2D eigenvalue weighted by Gasteiger charge is -2.19. The van der Waals surface area contributed by atoms with Crippen molar-refractivity contribution in [1.29, 1.82) is 0 Å². The fraction of sp³-hybridized carbons (Fsp3) is 0.571. The third-order valence-electron chi connectivity index (χ3n) is 3.51. The van der Waals surface area contributed by atoms with Crippen LogP contribution in [0.5, 0.6) is 0 Å². The van der Waals surface area contributed by atoms with Gasteiger partial charge in [-0.25, -0.2) is 0 Å². The second-order valence-corrected chi connectivity index (χ2v) is 5.02. The maximum absolute atomic E-state index is 10.1. The van der Waals surface area contributed by atoms with Gasteiger partial charge in [0.15, 0.2) is 0 Å². The second-order valence-electron chi connectivity index (χ2n) is 5.02. The summed E-state index contributed by atoms with van der Waals surface area (Å²) >= 11 is 0. The highest BCUT2D eigenvalue weighted by atomic mass is 16.6. The van der Waals surface area contributed by atoms with Crippen LogP contribution in [0.15, 0.2) is 30.3 Å². The molecule has 19 heavy (non-hydrogen) atoms. The summed E-state index contributed by atoms with van der Waals surface area (Å²) in [6, 6.07) is 9.06. The van der Waals surface area contributed by atoms with E-state index in [2.05, 4.69) is 0 Å². The number of aliphatic hydroxyl groups excluding tert-OH is 4. The number of aliphatic hydroxyl groups is 4. The minimum Gasteiger partial charge on any atom is -0.391 e. The first kappa shape index (κ1) is 14.4. The Bertz CT molecular complexity index is 394. The lowest BCUT2D eigenvalue weighted by atomic mass is 9.98. The number of ether oxygens (including phenoxy) is 1. The van der Waals surface area contributed by atoms with Gasteiger partial charge in [0.25, 0.3) is 0 Å². The van der Waals surface area contributed by atoms with Crippen molar-refractivity contribution in [3.05, 3.63) is 35.9 Å². The van der Waals surface area contributed by atoms with E-state index in [-0.39, 0.29) is 6.42 Å². The van der Waals surface area contributed by atoms with Crippen LogP contribution in [-0.4, -0.2) is 50.9 Å². The molecule has 1 heterocycles. The Kier molecular flexibility index (Phi) is 4.54. The zero-order valence-electron chi connectivity index (χ0n) is 10.8. The normalized spacial score (nSPS) is 34.2. The van der Waals surface area contributed by atoms with Crippen molar-refractivity contribution in [1.82, 2.24) is 0 Å². The largest absolute Gasteiger partial charge is 0.391 e. The van der Waals surface area contributed by atoms with Crippen molar-refractivity contribution in [2.24, 2.45) is 0 Å². The van der Waals surface area contributed by atoms with Crippen LogP contribution in [0.1, 0.15) is 25.0 Å². The molecule has 1 aromatic carbocycles. The zero-order valence-corrected chi connectivity index (χ0v) is 10.8. The molecule has 2 unspecified atom stereocenters. The van der Waals surface area contributed by atoms with Crippen LogP contribution in [-0.2, 0) is 4.74 Å². The Morgan fingerprint density at radius 3 is 2.26 bits per heavy atom. The quantitative estimate of drug-likeness (QED) is 0.616. The highest BCUT2D eigenvalue weighted by molar-refractivity contribution is 5.17. The highest BCUT2D eigenvalue weighted by Gasteiger charge is 2.45. The molecule has 1 fully saturated rings. The van der Waals surface area contributed by atoms with Crippen molar-refractivity contribution < 1.29 is 25.2 Å². The van der Waals surface area contributed by atoms with Crippen molar-refractivity contribution in [3.63, 3.8) is 0 Å². The standard InChI is InChI=1S/C14H20O5/c1-8(15)14-13(18)12(17)11(19-14)7-10(16)9-5-3-2-4-6-9/h2-6,8,10-18H,7H2,1H3/t8-,10?,11-,12+,13-,14?/m1/s1. The van der Waals surface area contributed by atoms with Crippen LogP contribution in [0, 0.1) is 0 Å². The van der Waals surface area contributed by atoms with Gasteiger partial charge in [-0.3, -0.25) is 0 Å². The van der Waals surface area contributed by atoms with Crippen LogP contribution >= 0.6 is 0 Å². The van der Waals surface area contributed by atoms with E-state index in [0.29, 0.717) is 0 Å². The molecule has 1 saturated heterocycles. The van der Waals surface area contributed by atoms with Crippen LogP contribution < -0.4 is 0 Å². The molecule has 1 aliphatic rings. The molecule has 0 amide bonds. The number of hydrogen-bond acceptors (Lipinski definition) is 5. The second kappa shape index (κ2) is 5.98. The first-order valence-electron chi connectivity index (χ1n) is 6.43. The summed E-state index contributed by atoms with van der Waals surface area (Å²) in [5.41, 5.74) is 0.730. The Balaban J connectivity index is 2.00. The summed E-state index contributed by atoms with van der Waals surface area (Å²) in [4.78, 5) is 0. The molecule has 5 heteroatoms. The average Bonchev–Trinajstić information content (AvgIpc) is 2.68. The summed E-state index contributed by atoms with van der Waals surface area (Å²) in [7, 11) is 0. The minimum atomic E-state index is -1.13. The van der Waals surface area contributed by atoms with Gasteiger partial charge >= 0.3 is 0 Å². The molecule has 1 aromatic rings. The molecule has 106 valence electrons. The van der Waals surface area contributed by atoms with Gasteiger partial charge in [0.1, 0.15) is 18.3 Å². The lowest BCUT2D eigenvalue weighted by Crippen LogP contribution is -2.37. The molecular formula is C14H20O5. The summed E-state index contributed by atoms with van der Waals surface area (Å²) in [6.07, 6.45) is -5.21. The molecule has 0 spiro atoms. The van der Waals surface area contributed by atoms with Crippen LogP contribution in [0.3, 0.4) is 0 Å². The van der Waals surface area contributed by atoms with Crippen molar-refractivity contribution in [3.8, 4) is 0 Å². The van der Waals surface area contributed by atoms with E-state index in [1.54, 1.807) is 12.1 Å².